The number of likely N-dealkylation sites (N-methyl/N-ethyl adjacent to an activating group) is 1. The third kappa shape index (κ3) is 58.9. The van der Waals surface area contributed by atoms with Crippen molar-refractivity contribution < 1.29 is 32.9 Å². The van der Waals surface area contributed by atoms with E-state index in [-0.39, 0.29) is 19.1 Å². The summed E-state index contributed by atoms with van der Waals surface area (Å²) in [5.41, 5.74) is 0. The Morgan fingerprint density at radius 2 is 0.730 bits per heavy atom. The van der Waals surface area contributed by atoms with E-state index >= 15 is 0 Å². The minimum absolute atomic E-state index is 0.0784. The third-order valence-corrected chi connectivity index (χ3v) is 16.5. The molecule has 0 aromatic rings. The second-order valence-corrected chi connectivity index (χ2v) is 25.7. The number of rotatable bonds is 62. The SMILES string of the molecule is CCCCCCCCCC/C=C\CCCCCCCCCCCCCCCCCCCCCCCCCCCC(=O)NC(COP(=O)(O)OCC[N+](C)(C)C)C(O)CCCCCCCCCCCCCCCCC. The molecule has 0 radical (unpaired) electrons. The lowest BCUT2D eigenvalue weighted by Gasteiger charge is -2.26. The fourth-order valence-electron chi connectivity index (χ4n) is 10.3. The first-order valence-corrected chi connectivity index (χ1v) is 34.5. The summed E-state index contributed by atoms with van der Waals surface area (Å²) in [5, 5.41) is 14.1. The van der Waals surface area contributed by atoms with Crippen LogP contribution in [0.15, 0.2) is 12.2 Å². The molecular weight excluding hydrogens is 936 g/mol. The van der Waals surface area contributed by atoms with Crippen LogP contribution in [0.5, 0.6) is 0 Å². The van der Waals surface area contributed by atoms with E-state index in [1.54, 1.807) is 0 Å². The van der Waals surface area contributed by atoms with Crippen molar-refractivity contribution in [3.05, 3.63) is 12.2 Å². The molecule has 0 aliphatic heterocycles. The molecule has 9 heteroatoms. The lowest BCUT2D eigenvalue weighted by atomic mass is 10.0. The quantitative estimate of drug-likeness (QED) is 0.0243. The van der Waals surface area contributed by atoms with E-state index in [9.17, 15) is 19.4 Å². The Kier molecular flexibility index (Phi) is 56.4. The summed E-state index contributed by atoms with van der Waals surface area (Å²) in [4.78, 5) is 23.4. The number of phosphoric acid groups is 1. The monoisotopic (exact) mass is 1070 g/mol. The predicted molar refractivity (Wildman–Crippen MR) is 323 cm³/mol. The van der Waals surface area contributed by atoms with Gasteiger partial charge >= 0.3 is 7.82 Å². The maximum Gasteiger partial charge on any atom is 0.472 e. The Morgan fingerprint density at radius 1 is 0.446 bits per heavy atom. The fraction of sp³-hybridized carbons (Fsp3) is 0.954. The minimum atomic E-state index is -4.32. The fourth-order valence-corrected chi connectivity index (χ4v) is 11.1. The van der Waals surface area contributed by atoms with Crippen LogP contribution in [0.25, 0.3) is 0 Å². The van der Waals surface area contributed by atoms with Crippen molar-refractivity contribution in [2.75, 3.05) is 40.9 Å². The van der Waals surface area contributed by atoms with E-state index in [0.717, 1.165) is 38.5 Å². The zero-order valence-electron chi connectivity index (χ0n) is 50.6. The van der Waals surface area contributed by atoms with E-state index in [1.165, 1.54) is 283 Å². The van der Waals surface area contributed by atoms with Gasteiger partial charge in [0, 0.05) is 6.42 Å². The highest BCUT2D eigenvalue weighted by atomic mass is 31.2. The van der Waals surface area contributed by atoms with Gasteiger partial charge in [-0.1, -0.05) is 315 Å². The molecule has 442 valence electrons. The van der Waals surface area contributed by atoms with E-state index in [2.05, 4.69) is 31.3 Å². The molecule has 0 bridgehead atoms. The molecule has 0 aliphatic carbocycles. The number of hydrogen-bond donors (Lipinski definition) is 3. The highest BCUT2D eigenvalue weighted by Crippen LogP contribution is 2.43. The summed E-state index contributed by atoms with van der Waals surface area (Å²) in [6, 6.07) is -0.756. The highest BCUT2D eigenvalue weighted by Gasteiger charge is 2.28. The van der Waals surface area contributed by atoms with Gasteiger partial charge in [-0.25, -0.2) is 4.57 Å². The number of quaternary nitrogens is 1. The average molecular weight is 1070 g/mol. The normalized spacial score (nSPS) is 13.8. The van der Waals surface area contributed by atoms with E-state index in [0.29, 0.717) is 23.9 Å². The van der Waals surface area contributed by atoms with Crippen LogP contribution >= 0.6 is 7.82 Å². The van der Waals surface area contributed by atoms with Crippen LogP contribution in [0.1, 0.15) is 348 Å². The second kappa shape index (κ2) is 56.9. The number of carbonyl (C=O) groups excluding carboxylic acids is 1. The van der Waals surface area contributed by atoms with Crippen molar-refractivity contribution in [3.63, 3.8) is 0 Å². The Balaban J connectivity index is 3.87. The number of hydrogen-bond acceptors (Lipinski definition) is 5. The number of allylic oxidation sites excluding steroid dienone is 2. The van der Waals surface area contributed by atoms with Gasteiger partial charge < -0.3 is 19.8 Å². The molecule has 0 fully saturated rings. The van der Waals surface area contributed by atoms with Gasteiger partial charge in [0.1, 0.15) is 13.2 Å². The van der Waals surface area contributed by atoms with Crippen molar-refractivity contribution in [2.45, 2.75) is 360 Å². The average Bonchev–Trinajstić information content (AvgIpc) is 3.36. The van der Waals surface area contributed by atoms with E-state index in [1.807, 2.05) is 21.1 Å². The standard InChI is InChI=1S/C65H131N2O6P/c1-6-8-10-12-14-16-18-20-22-23-24-25-26-27-28-29-30-31-32-33-34-35-36-37-38-39-40-41-42-43-45-47-49-51-53-55-57-59-65(69)66-63(62-73-74(70,71)72-61-60-67(3,4)5)64(68)58-56-54-52-50-48-46-44-21-19-17-15-13-11-9-7-2/h23-24,63-64,68H,6-22,25-62H2,1-5H3,(H-,66,69,70,71)/p+1/b24-23-. The summed E-state index contributed by atoms with van der Waals surface area (Å²) in [6.45, 7) is 4.94. The number of aliphatic hydroxyl groups is 1. The summed E-state index contributed by atoms with van der Waals surface area (Å²) in [5.74, 6) is -0.136. The van der Waals surface area contributed by atoms with Crippen LogP contribution in [-0.4, -0.2) is 73.4 Å². The lowest BCUT2D eigenvalue weighted by molar-refractivity contribution is -0.870. The zero-order chi connectivity index (χ0) is 54.2. The molecule has 3 unspecified atom stereocenters. The van der Waals surface area contributed by atoms with Gasteiger partial charge in [0.05, 0.1) is 39.9 Å². The van der Waals surface area contributed by atoms with Crippen LogP contribution in [-0.2, 0) is 18.4 Å². The van der Waals surface area contributed by atoms with E-state index in [4.69, 9.17) is 9.05 Å². The van der Waals surface area contributed by atoms with Gasteiger partial charge in [0.2, 0.25) is 5.91 Å². The van der Waals surface area contributed by atoms with E-state index < -0.39 is 20.0 Å². The first kappa shape index (κ1) is 73.2. The molecule has 0 saturated heterocycles. The first-order chi connectivity index (χ1) is 36.0. The largest absolute Gasteiger partial charge is 0.472 e. The number of nitrogens with one attached hydrogen (secondary N) is 1. The zero-order valence-corrected chi connectivity index (χ0v) is 51.5. The van der Waals surface area contributed by atoms with Crippen molar-refractivity contribution >= 4 is 13.7 Å². The minimum Gasteiger partial charge on any atom is -0.391 e. The lowest BCUT2D eigenvalue weighted by Crippen LogP contribution is -2.46. The first-order valence-electron chi connectivity index (χ1n) is 33.1. The smallest absolute Gasteiger partial charge is 0.391 e. The molecule has 3 atom stereocenters. The summed E-state index contributed by atoms with van der Waals surface area (Å²) < 4.78 is 23.8. The molecule has 0 aliphatic rings. The van der Waals surface area contributed by atoms with Gasteiger partial charge in [-0.2, -0.15) is 0 Å². The summed E-state index contributed by atoms with van der Waals surface area (Å²) in [6.07, 6.45) is 71.7. The molecule has 0 aromatic heterocycles. The predicted octanol–water partition coefficient (Wildman–Crippen LogP) is 20.6. The second-order valence-electron chi connectivity index (χ2n) is 24.2. The summed E-state index contributed by atoms with van der Waals surface area (Å²) in [7, 11) is 1.64. The Bertz CT molecular complexity index is 1210. The van der Waals surface area contributed by atoms with Gasteiger partial charge in [-0.05, 0) is 38.5 Å². The topological polar surface area (TPSA) is 105 Å². The molecule has 0 spiro atoms. The maximum absolute atomic E-state index is 13.0. The molecular formula is C65H132N2O6P+. The van der Waals surface area contributed by atoms with Crippen LogP contribution in [0.2, 0.25) is 0 Å². The molecule has 0 heterocycles. The Labute approximate surface area is 462 Å². The summed E-state index contributed by atoms with van der Waals surface area (Å²) >= 11 is 0. The van der Waals surface area contributed by atoms with Gasteiger partial charge in [0.15, 0.2) is 0 Å². The molecule has 3 N–H and O–H groups in total. The molecule has 0 rings (SSSR count). The number of aliphatic hydroxyl groups excluding tert-OH is 1. The van der Waals surface area contributed by atoms with Crippen molar-refractivity contribution in [3.8, 4) is 0 Å². The van der Waals surface area contributed by atoms with Gasteiger partial charge in [-0.15, -0.1) is 0 Å². The third-order valence-electron chi connectivity index (χ3n) is 15.5. The molecule has 0 saturated carbocycles. The van der Waals surface area contributed by atoms with Crippen LogP contribution in [0.4, 0.5) is 0 Å². The molecule has 74 heavy (non-hydrogen) atoms. The number of unbranched alkanes of at least 4 members (excludes halogenated alkanes) is 47. The number of phosphoric ester groups is 1. The molecule has 8 nitrogen and oxygen atoms in total. The Hall–Kier alpha value is -0.760. The molecule has 1 amide bonds. The van der Waals surface area contributed by atoms with Crippen LogP contribution < -0.4 is 5.32 Å². The number of carbonyl (C=O) groups is 1. The van der Waals surface area contributed by atoms with Crippen molar-refractivity contribution in [2.24, 2.45) is 0 Å². The van der Waals surface area contributed by atoms with Crippen molar-refractivity contribution in [1.29, 1.82) is 0 Å². The highest BCUT2D eigenvalue weighted by molar-refractivity contribution is 7.47. The molecule has 0 aromatic carbocycles. The maximum atomic E-state index is 13.0. The van der Waals surface area contributed by atoms with Crippen LogP contribution in [0.3, 0.4) is 0 Å². The van der Waals surface area contributed by atoms with Crippen molar-refractivity contribution in [1.82, 2.24) is 5.32 Å². The van der Waals surface area contributed by atoms with Crippen LogP contribution in [0, 0.1) is 0 Å². The van der Waals surface area contributed by atoms with Gasteiger partial charge in [0.25, 0.3) is 0 Å². The Morgan fingerprint density at radius 3 is 1.04 bits per heavy atom. The number of nitrogens with zero attached hydrogens (tertiary/aromatic N) is 1. The van der Waals surface area contributed by atoms with Gasteiger partial charge in [-0.3, -0.25) is 13.8 Å². The number of amides is 1.